The lowest BCUT2D eigenvalue weighted by molar-refractivity contribution is -0.186. The van der Waals surface area contributed by atoms with E-state index in [0.717, 1.165) is 6.92 Å². The molecule has 0 unspecified atom stereocenters. The number of cyclic esters (lactones) is 1. The number of pyridine rings is 1. The Hall–Kier alpha value is -2.15. The molecule has 1 aliphatic rings. The zero-order valence-electron chi connectivity index (χ0n) is 11.1. The fourth-order valence-electron chi connectivity index (χ4n) is 2.30. The molecule has 0 aromatic carbocycles. The minimum Gasteiger partial charge on any atom is -0.458 e. The van der Waals surface area contributed by atoms with Crippen LogP contribution in [0.15, 0.2) is 17.1 Å². The summed E-state index contributed by atoms with van der Waals surface area (Å²) in [6.07, 6.45) is -0.0492. The van der Waals surface area contributed by atoms with E-state index in [1.54, 1.807) is 6.92 Å². The Labute approximate surface area is 114 Å². The largest absolute Gasteiger partial charge is 0.458 e. The second-order valence-electron chi connectivity index (χ2n) is 4.57. The molecule has 0 amide bonds. The van der Waals surface area contributed by atoms with Crippen molar-refractivity contribution in [2.45, 2.75) is 38.6 Å². The molecule has 0 bridgehead atoms. The molecule has 0 saturated heterocycles. The molecule has 0 spiro atoms. The SMILES string of the molecule is CC[C@]1(O)c2cc[nH]c(=O)c2COC(=O)[C@@H]1OC(C)=O. The molecule has 1 aromatic rings. The molecule has 1 aromatic heterocycles. The van der Waals surface area contributed by atoms with Crippen LogP contribution in [0.2, 0.25) is 0 Å². The van der Waals surface area contributed by atoms with Crippen molar-refractivity contribution in [2.75, 3.05) is 0 Å². The third kappa shape index (κ3) is 2.20. The Morgan fingerprint density at radius 1 is 1.60 bits per heavy atom. The molecule has 20 heavy (non-hydrogen) atoms. The van der Waals surface area contributed by atoms with Crippen molar-refractivity contribution < 1.29 is 24.2 Å². The van der Waals surface area contributed by atoms with Crippen LogP contribution >= 0.6 is 0 Å². The van der Waals surface area contributed by atoms with E-state index < -0.39 is 29.2 Å². The first-order valence-electron chi connectivity index (χ1n) is 6.17. The third-order valence-corrected chi connectivity index (χ3v) is 3.36. The van der Waals surface area contributed by atoms with Gasteiger partial charge < -0.3 is 19.6 Å². The number of nitrogens with one attached hydrogen (secondary N) is 1. The summed E-state index contributed by atoms with van der Waals surface area (Å²) in [7, 11) is 0. The van der Waals surface area contributed by atoms with Gasteiger partial charge >= 0.3 is 11.9 Å². The van der Waals surface area contributed by atoms with Crippen LogP contribution in [0.25, 0.3) is 0 Å². The van der Waals surface area contributed by atoms with Crippen molar-refractivity contribution in [2.24, 2.45) is 0 Å². The maximum absolute atomic E-state index is 11.9. The smallest absolute Gasteiger partial charge is 0.351 e. The highest BCUT2D eigenvalue weighted by atomic mass is 16.6. The predicted molar refractivity (Wildman–Crippen MR) is 66.6 cm³/mol. The van der Waals surface area contributed by atoms with Crippen LogP contribution in [-0.2, 0) is 31.3 Å². The second kappa shape index (κ2) is 5.09. The van der Waals surface area contributed by atoms with Crippen LogP contribution in [0.1, 0.15) is 31.4 Å². The zero-order chi connectivity index (χ0) is 14.9. The van der Waals surface area contributed by atoms with Gasteiger partial charge in [-0.05, 0) is 12.5 Å². The van der Waals surface area contributed by atoms with E-state index in [1.807, 2.05) is 0 Å². The van der Waals surface area contributed by atoms with E-state index in [0.29, 0.717) is 0 Å². The van der Waals surface area contributed by atoms with Crippen LogP contribution in [0.3, 0.4) is 0 Å². The van der Waals surface area contributed by atoms with E-state index in [1.165, 1.54) is 12.3 Å². The summed E-state index contributed by atoms with van der Waals surface area (Å²) in [5.41, 5.74) is -1.85. The van der Waals surface area contributed by atoms with Gasteiger partial charge in [-0.1, -0.05) is 6.92 Å². The number of esters is 2. The molecule has 1 aliphatic heterocycles. The lowest BCUT2D eigenvalue weighted by Crippen LogP contribution is -2.47. The van der Waals surface area contributed by atoms with Crippen LogP contribution in [0, 0.1) is 0 Å². The van der Waals surface area contributed by atoms with Gasteiger partial charge in [0.05, 0.1) is 5.56 Å². The van der Waals surface area contributed by atoms with Gasteiger partial charge in [-0.25, -0.2) is 4.79 Å². The zero-order valence-corrected chi connectivity index (χ0v) is 11.1. The minimum atomic E-state index is -1.79. The first-order valence-corrected chi connectivity index (χ1v) is 6.17. The summed E-state index contributed by atoms with van der Waals surface area (Å²) in [4.78, 5) is 37.3. The van der Waals surface area contributed by atoms with Crippen LogP contribution in [0.5, 0.6) is 0 Å². The summed E-state index contributed by atoms with van der Waals surface area (Å²) in [6, 6.07) is 1.48. The number of carbonyl (C=O) groups is 2. The number of carbonyl (C=O) groups excluding carboxylic acids is 2. The van der Waals surface area contributed by atoms with Crippen LogP contribution < -0.4 is 5.56 Å². The minimum absolute atomic E-state index is 0.0799. The van der Waals surface area contributed by atoms with Crippen molar-refractivity contribution in [3.05, 3.63) is 33.7 Å². The van der Waals surface area contributed by atoms with E-state index in [4.69, 9.17) is 9.47 Å². The predicted octanol–water partition coefficient (Wildman–Crippen LogP) is -0.0390. The first kappa shape index (κ1) is 14.3. The topological polar surface area (TPSA) is 106 Å². The standard InChI is InChI=1S/C13H15NO6/c1-3-13(18)9-4-5-14-11(16)8(9)6-19-12(17)10(13)20-7(2)15/h4-5,10,18H,3,6H2,1-2H3,(H,14,16)/t10-,13-/m0/s1. The Kier molecular flexibility index (Phi) is 3.63. The number of aromatic nitrogens is 1. The lowest BCUT2D eigenvalue weighted by Gasteiger charge is -2.31. The molecule has 108 valence electrons. The molecular weight excluding hydrogens is 266 g/mol. The fraction of sp³-hybridized carbons (Fsp3) is 0.462. The number of fused-ring (bicyclic) bond motifs is 1. The fourth-order valence-corrected chi connectivity index (χ4v) is 2.30. The highest BCUT2D eigenvalue weighted by Crippen LogP contribution is 2.35. The van der Waals surface area contributed by atoms with Gasteiger partial charge in [-0.3, -0.25) is 9.59 Å². The number of aromatic amines is 1. The Morgan fingerprint density at radius 2 is 2.30 bits per heavy atom. The molecule has 0 aliphatic carbocycles. The lowest BCUT2D eigenvalue weighted by atomic mass is 9.84. The Bertz CT molecular complexity index is 607. The van der Waals surface area contributed by atoms with Gasteiger partial charge in [0.2, 0.25) is 6.10 Å². The molecule has 7 nitrogen and oxygen atoms in total. The number of rotatable bonds is 2. The number of H-pyrrole nitrogens is 1. The van der Waals surface area contributed by atoms with E-state index in [2.05, 4.69) is 4.98 Å². The van der Waals surface area contributed by atoms with Gasteiger partial charge in [0, 0.05) is 18.7 Å². The summed E-state index contributed by atoms with van der Waals surface area (Å²) >= 11 is 0. The highest BCUT2D eigenvalue weighted by molar-refractivity contribution is 5.81. The molecule has 2 N–H and O–H groups in total. The summed E-state index contributed by atoms with van der Waals surface area (Å²) in [5.74, 6) is -1.59. The van der Waals surface area contributed by atoms with Crippen LogP contribution in [-0.4, -0.2) is 28.1 Å². The Balaban J connectivity index is 2.63. The molecule has 2 heterocycles. The van der Waals surface area contributed by atoms with Gasteiger partial charge in [0.15, 0.2) is 0 Å². The molecule has 2 rings (SSSR count). The molecule has 7 heteroatoms. The van der Waals surface area contributed by atoms with Crippen molar-refractivity contribution in [3.8, 4) is 0 Å². The monoisotopic (exact) mass is 281 g/mol. The molecule has 0 fully saturated rings. The summed E-state index contributed by atoms with van der Waals surface area (Å²) < 4.78 is 9.84. The maximum atomic E-state index is 11.9. The second-order valence-corrected chi connectivity index (χ2v) is 4.57. The van der Waals surface area contributed by atoms with Gasteiger partial charge in [-0.15, -0.1) is 0 Å². The molecular formula is C13H15NO6. The number of hydrogen-bond acceptors (Lipinski definition) is 6. The summed E-state index contributed by atoms with van der Waals surface area (Å²) in [6.45, 7) is 2.48. The van der Waals surface area contributed by atoms with Gasteiger partial charge in [0.1, 0.15) is 12.2 Å². The normalized spacial score (nSPS) is 25.4. The quantitative estimate of drug-likeness (QED) is 0.737. The van der Waals surface area contributed by atoms with Crippen molar-refractivity contribution in [1.82, 2.24) is 4.98 Å². The van der Waals surface area contributed by atoms with Crippen molar-refractivity contribution in [3.63, 3.8) is 0 Å². The number of hydrogen-bond donors (Lipinski definition) is 2. The van der Waals surface area contributed by atoms with Gasteiger partial charge in [0.25, 0.3) is 5.56 Å². The van der Waals surface area contributed by atoms with Crippen LogP contribution in [0.4, 0.5) is 0 Å². The van der Waals surface area contributed by atoms with Crippen molar-refractivity contribution >= 4 is 11.9 Å². The third-order valence-electron chi connectivity index (χ3n) is 3.36. The van der Waals surface area contributed by atoms with Gasteiger partial charge in [-0.2, -0.15) is 0 Å². The number of aliphatic hydroxyl groups is 1. The first-order chi connectivity index (χ1) is 9.40. The average Bonchev–Trinajstić information content (AvgIpc) is 2.50. The van der Waals surface area contributed by atoms with E-state index in [-0.39, 0.29) is 24.2 Å². The molecule has 0 saturated carbocycles. The average molecular weight is 281 g/mol. The summed E-state index contributed by atoms with van der Waals surface area (Å²) in [5, 5.41) is 10.8. The highest BCUT2D eigenvalue weighted by Gasteiger charge is 2.49. The number of ether oxygens (including phenoxy) is 2. The van der Waals surface area contributed by atoms with E-state index >= 15 is 0 Å². The maximum Gasteiger partial charge on any atom is 0.351 e. The van der Waals surface area contributed by atoms with Crippen molar-refractivity contribution in [1.29, 1.82) is 0 Å². The molecule has 2 atom stereocenters. The Morgan fingerprint density at radius 3 is 2.90 bits per heavy atom. The van der Waals surface area contributed by atoms with E-state index in [9.17, 15) is 19.5 Å². The molecule has 0 radical (unpaired) electrons.